The van der Waals surface area contributed by atoms with Crippen molar-refractivity contribution < 1.29 is 18.8 Å². The van der Waals surface area contributed by atoms with Gasteiger partial charge in [-0.05, 0) is 74.1 Å². The van der Waals surface area contributed by atoms with Gasteiger partial charge in [0.2, 0.25) is 11.8 Å². The maximum absolute atomic E-state index is 13.7. The van der Waals surface area contributed by atoms with Crippen LogP contribution in [0.5, 0.6) is 0 Å². The molecule has 196 valence electrons. The molecule has 0 radical (unpaired) electrons. The highest BCUT2D eigenvalue weighted by Gasteiger charge is 2.38. The van der Waals surface area contributed by atoms with Crippen LogP contribution >= 0.6 is 11.6 Å². The van der Waals surface area contributed by atoms with E-state index in [2.05, 4.69) is 20.6 Å². The molecule has 1 aliphatic heterocycles. The molecule has 3 heterocycles. The van der Waals surface area contributed by atoms with Crippen LogP contribution in [-0.2, 0) is 16.0 Å². The molecule has 0 unspecified atom stereocenters. The average Bonchev–Trinajstić information content (AvgIpc) is 3.00. The van der Waals surface area contributed by atoms with Crippen LogP contribution in [0.3, 0.4) is 0 Å². The molecule has 2 aliphatic rings. The predicted octanol–water partition coefficient (Wildman–Crippen LogP) is 4.72. The van der Waals surface area contributed by atoms with Gasteiger partial charge >= 0.3 is 0 Å². The molecule has 5 rings (SSSR count). The summed E-state index contributed by atoms with van der Waals surface area (Å²) >= 11 is 6.14. The van der Waals surface area contributed by atoms with Gasteiger partial charge in [0.1, 0.15) is 17.7 Å². The Bertz CT molecular complexity index is 1330. The Balaban J connectivity index is 1.30. The number of amides is 3. The molecule has 2 N–H and O–H groups in total. The van der Waals surface area contributed by atoms with Gasteiger partial charge in [-0.2, -0.15) is 0 Å². The van der Waals surface area contributed by atoms with Crippen molar-refractivity contribution in [3.05, 3.63) is 83.0 Å². The van der Waals surface area contributed by atoms with Crippen molar-refractivity contribution in [2.75, 3.05) is 17.2 Å². The molecule has 0 saturated heterocycles. The van der Waals surface area contributed by atoms with Crippen molar-refractivity contribution in [3.63, 3.8) is 0 Å². The fourth-order valence-electron chi connectivity index (χ4n) is 5.15. The lowest BCUT2D eigenvalue weighted by Gasteiger charge is -2.35. The topological polar surface area (TPSA) is 104 Å². The Labute approximate surface area is 224 Å². The van der Waals surface area contributed by atoms with E-state index in [1.54, 1.807) is 35.4 Å². The number of halogens is 2. The molecule has 10 heteroatoms. The van der Waals surface area contributed by atoms with Crippen molar-refractivity contribution in [1.82, 2.24) is 14.9 Å². The molecule has 0 spiro atoms. The number of nitrogens with zero attached hydrogens (tertiary/aromatic N) is 3. The zero-order valence-corrected chi connectivity index (χ0v) is 21.3. The lowest BCUT2D eigenvalue weighted by molar-refractivity contribution is -0.121. The fourth-order valence-corrected chi connectivity index (χ4v) is 5.33. The van der Waals surface area contributed by atoms with E-state index < -0.39 is 11.9 Å². The first kappa shape index (κ1) is 25.8. The Morgan fingerprint density at radius 2 is 1.89 bits per heavy atom. The number of anilines is 2. The molecule has 1 atom stereocenters. The van der Waals surface area contributed by atoms with Gasteiger partial charge in [-0.3, -0.25) is 19.4 Å². The van der Waals surface area contributed by atoms with Gasteiger partial charge in [-0.25, -0.2) is 9.37 Å². The summed E-state index contributed by atoms with van der Waals surface area (Å²) in [5.74, 6) is -0.897. The molecule has 8 nitrogen and oxygen atoms in total. The summed E-state index contributed by atoms with van der Waals surface area (Å²) < 4.78 is 13.1. The van der Waals surface area contributed by atoms with Crippen LogP contribution in [0.25, 0.3) is 0 Å². The van der Waals surface area contributed by atoms with E-state index >= 15 is 0 Å². The first-order valence-corrected chi connectivity index (χ1v) is 13.0. The molecule has 2 aromatic heterocycles. The van der Waals surface area contributed by atoms with Crippen molar-refractivity contribution in [3.8, 4) is 0 Å². The van der Waals surface area contributed by atoms with E-state index in [4.69, 9.17) is 11.6 Å². The molecule has 1 aromatic carbocycles. The Kier molecular flexibility index (Phi) is 7.64. The summed E-state index contributed by atoms with van der Waals surface area (Å²) in [5, 5.41) is 6.07. The van der Waals surface area contributed by atoms with Crippen molar-refractivity contribution in [2.24, 2.45) is 11.8 Å². The van der Waals surface area contributed by atoms with Crippen molar-refractivity contribution in [2.45, 2.75) is 38.1 Å². The number of pyridine rings is 2. The second kappa shape index (κ2) is 11.3. The summed E-state index contributed by atoms with van der Waals surface area (Å²) in [4.78, 5) is 49.7. The maximum Gasteiger partial charge on any atom is 0.256 e. The SMILES string of the molecule is O=C1Nc2cc(Cl)ccc2C(=O)N(C[C@H]2CC[C@H](C(=O)Nc3ccc(F)cn3)CC2)[C@@H]1Cc1ccccn1. The summed E-state index contributed by atoms with van der Waals surface area (Å²) in [6, 6.07) is 12.3. The van der Waals surface area contributed by atoms with E-state index in [0.29, 0.717) is 47.2 Å². The standard InChI is InChI=1S/C28H27ClFN5O3/c29-19-8-10-22-23(13-19)33-27(37)24(14-21-3-1-2-12-31-21)35(28(22)38)16-17-4-6-18(7-5-17)26(36)34-25-11-9-20(30)15-32-25/h1-3,8-13,15,17-18,24H,4-7,14,16H2,(H,33,37)(H,32,34,36)/t17-,18-,24-/m1/s1. The Morgan fingerprint density at radius 3 is 2.61 bits per heavy atom. The monoisotopic (exact) mass is 535 g/mol. The Morgan fingerprint density at radius 1 is 1.08 bits per heavy atom. The number of carbonyl (C=O) groups excluding carboxylic acids is 3. The smallest absolute Gasteiger partial charge is 0.256 e. The molecular formula is C28H27ClFN5O3. The zero-order valence-electron chi connectivity index (χ0n) is 20.6. The van der Waals surface area contributed by atoms with Crippen molar-refractivity contribution >= 4 is 40.8 Å². The first-order valence-electron chi connectivity index (χ1n) is 12.6. The number of hydrogen-bond acceptors (Lipinski definition) is 5. The Hall–Kier alpha value is -3.85. The van der Waals surface area contributed by atoms with Crippen molar-refractivity contribution in [1.29, 1.82) is 0 Å². The summed E-state index contributed by atoms with van der Waals surface area (Å²) in [6.07, 6.45) is 5.75. The molecule has 38 heavy (non-hydrogen) atoms. The van der Waals surface area contributed by atoms with Crippen LogP contribution in [-0.4, -0.2) is 45.2 Å². The maximum atomic E-state index is 13.7. The molecule has 1 aliphatic carbocycles. The second-order valence-electron chi connectivity index (χ2n) is 9.75. The van der Waals surface area contributed by atoms with Gasteiger partial charge in [0.05, 0.1) is 17.4 Å². The van der Waals surface area contributed by atoms with Gasteiger partial charge in [0.15, 0.2) is 0 Å². The van der Waals surface area contributed by atoms with Crippen LogP contribution in [0.4, 0.5) is 15.9 Å². The quantitative estimate of drug-likeness (QED) is 0.475. The van der Waals surface area contributed by atoms with E-state index in [-0.39, 0.29) is 36.0 Å². The number of hydrogen-bond donors (Lipinski definition) is 2. The molecule has 3 amide bonds. The highest BCUT2D eigenvalue weighted by molar-refractivity contribution is 6.31. The molecule has 3 aromatic rings. The van der Waals surface area contributed by atoms with Crippen LogP contribution in [0.15, 0.2) is 60.9 Å². The minimum atomic E-state index is -0.742. The largest absolute Gasteiger partial charge is 0.326 e. The normalized spacial score (nSPS) is 21.3. The number of fused-ring (bicyclic) bond motifs is 1. The third-order valence-corrected chi connectivity index (χ3v) is 7.42. The summed E-state index contributed by atoms with van der Waals surface area (Å²) in [7, 11) is 0. The number of rotatable bonds is 6. The third-order valence-electron chi connectivity index (χ3n) is 7.19. The van der Waals surface area contributed by atoms with Gasteiger partial charge < -0.3 is 15.5 Å². The van der Waals surface area contributed by atoms with E-state index in [0.717, 1.165) is 19.0 Å². The zero-order chi connectivity index (χ0) is 26.6. The molecule has 1 fully saturated rings. The summed E-state index contributed by atoms with van der Waals surface area (Å²) in [6.45, 7) is 0.389. The molecular weight excluding hydrogens is 509 g/mol. The lowest BCUT2D eigenvalue weighted by atomic mass is 9.81. The second-order valence-corrected chi connectivity index (χ2v) is 10.2. The number of carbonyl (C=O) groups is 3. The van der Waals surface area contributed by atoms with E-state index in [1.165, 1.54) is 12.1 Å². The van der Waals surface area contributed by atoms with Gasteiger partial charge in [0.25, 0.3) is 5.91 Å². The average molecular weight is 536 g/mol. The van der Waals surface area contributed by atoms with Gasteiger partial charge in [-0.1, -0.05) is 17.7 Å². The first-order chi connectivity index (χ1) is 18.4. The lowest BCUT2D eigenvalue weighted by Crippen LogP contribution is -2.49. The van der Waals surface area contributed by atoms with Crippen LogP contribution in [0, 0.1) is 17.7 Å². The highest BCUT2D eigenvalue weighted by atomic mass is 35.5. The highest BCUT2D eigenvalue weighted by Crippen LogP contribution is 2.33. The van der Waals surface area contributed by atoms with E-state index in [9.17, 15) is 18.8 Å². The number of benzene rings is 1. The number of aromatic nitrogens is 2. The van der Waals surface area contributed by atoms with Crippen LogP contribution < -0.4 is 10.6 Å². The van der Waals surface area contributed by atoms with Gasteiger partial charge in [0, 0.05) is 35.8 Å². The number of nitrogens with one attached hydrogen (secondary N) is 2. The van der Waals surface area contributed by atoms with Gasteiger partial charge in [-0.15, -0.1) is 0 Å². The molecule has 0 bridgehead atoms. The predicted molar refractivity (Wildman–Crippen MR) is 141 cm³/mol. The van der Waals surface area contributed by atoms with E-state index in [1.807, 2.05) is 12.1 Å². The fraction of sp³-hybridized carbons (Fsp3) is 0.321. The minimum absolute atomic E-state index is 0.125. The van der Waals surface area contributed by atoms with Crippen LogP contribution in [0.2, 0.25) is 5.02 Å². The third kappa shape index (κ3) is 5.83. The summed E-state index contributed by atoms with van der Waals surface area (Å²) in [5.41, 5.74) is 1.51. The van der Waals surface area contributed by atoms with Crippen LogP contribution in [0.1, 0.15) is 41.7 Å². The minimum Gasteiger partial charge on any atom is -0.326 e. The molecule has 1 saturated carbocycles.